The smallest absolute Gasteiger partial charge is 0.291 e. The molecule has 0 atom stereocenters. The molecular formula is C28H30F2N6O2. The number of nitrogens with zero attached hydrogens (tertiary/aromatic N) is 5. The van der Waals surface area contributed by atoms with Crippen LogP contribution < -0.4 is 5.69 Å². The van der Waals surface area contributed by atoms with Gasteiger partial charge in [0.25, 0.3) is 6.43 Å². The van der Waals surface area contributed by atoms with Crippen LogP contribution in [0.1, 0.15) is 73.6 Å². The van der Waals surface area contributed by atoms with Crippen LogP contribution in [0.5, 0.6) is 0 Å². The fraction of sp³-hybridized carbons (Fsp3) is 0.393. The molecule has 198 valence electrons. The zero-order chi connectivity index (χ0) is 26.6. The minimum absolute atomic E-state index is 0.103. The topological polar surface area (TPSA) is 98.5 Å². The van der Waals surface area contributed by atoms with Crippen molar-refractivity contribution in [3.05, 3.63) is 76.0 Å². The summed E-state index contributed by atoms with van der Waals surface area (Å²) in [5, 5.41) is 14.3. The molecule has 0 aliphatic heterocycles. The molecule has 2 heterocycles. The van der Waals surface area contributed by atoms with Crippen LogP contribution in [-0.4, -0.2) is 35.7 Å². The van der Waals surface area contributed by atoms with Crippen LogP contribution in [0.25, 0.3) is 22.5 Å². The minimum atomic E-state index is -2.91. The maximum absolute atomic E-state index is 14.3. The first-order valence-corrected chi connectivity index (χ1v) is 13.1. The fourth-order valence-electron chi connectivity index (χ4n) is 5.42. The number of alkyl halides is 2. The quantitative estimate of drug-likeness (QED) is 0.323. The van der Waals surface area contributed by atoms with E-state index in [9.17, 15) is 18.4 Å². The van der Waals surface area contributed by atoms with Gasteiger partial charge in [-0.3, -0.25) is 9.36 Å². The van der Waals surface area contributed by atoms with Crippen molar-refractivity contribution in [2.45, 2.75) is 64.8 Å². The van der Waals surface area contributed by atoms with Gasteiger partial charge < -0.3 is 0 Å². The summed E-state index contributed by atoms with van der Waals surface area (Å²) >= 11 is 0. The number of carbonyl (C=O) groups excluding carboxylic acids is 1. The van der Waals surface area contributed by atoms with Crippen LogP contribution in [0.4, 0.5) is 8.78 Å². The van der Waals surface area contributed by atoms with E-state index < -0.39 is 23.7 Å². The summed E-state index contributed by atoms with van der Waals surface area (Å²) in [7, 11) is 0. The maximum Gasteiger partial charge on any atom is 0.335 e. The molecule has 0 saturated heterocycles. The Kier molecular flexibility index (Phi) is 7.57. The molecule has 0 unspecified atom stereocenters. The molecule has 8 nitrogen and oxygen atoms in total. The zero-order valence-corrected chi connectivity index (χ0v) is 21.2. The molecule has 0 amide bonds. The Hall–Kier alpha value is -3.95. The summed E-state index contributed by atoms with van der Waals surface area (Å²) in [6.45, 7) is 1.98. The Balaban J connectivity index is 1.50. The number of rotatable bonds is 8. The van der Waals surface area contributed by atoms with Gasteiger partial charge in [-0.1, -0.05) is 81.1 Å². The number of hydrogen-bond donors (Lipinski definition) is 1. The molecule has 1 N–H and O–H groups in total. The largest absolute Gasteiger partial charge is 0.335 e. The van der Waals surface area contributed by atoms with Crippen molar-refractivity contribution in [3.8, 4) is 22.5 Å². The molecule has 1 aliphatic carbocycles. The third-order valence-corrected chi connectivity index (χ3v) is 7.27. The van der Waals surface area contributed by atoms with E-state index in [0.29, 0.717) is 25.1 Å². The van der Waals surface area contributed by atoms with Crippen molar-refractivity contribution in [1.29, 1.82) is 0 Å². The van der Waals surface area contributed by atoms with E-state index in [1.54, 1.807) is 0 Å². The molecule has 0 spiro atoms. The maximum atomic E-state index is 14.3. The van der Waals surface area contributed by atoms with Gasteiger partial charge in [-0.2, -0.15) is 5.21 Å². The van der Waals surface area contributed by atoms with Gasteiger partial charge in [0.1, 0.15) is 5.69 Å². The van der Waals surface area contributed by atoms with Crippen molar-refractivity contribution in [2.24, 2.45) is 5.92 Å². The van der Waals surface area contributed by atoms with Crippen LogP contribution in [0.2, 0.25) is 0 Å². The molecule has 4 aromatic rings. The summed E-state index contributed by atoms with van der Waals surface area (Å²) in [6, 6.07) is 15.2. The Morgan fingerprint density at radius 2 is 1.76 bits per heavy atom. The lowest BCUT2D eigenvalue weighted by Gasteiger charge is -2.20. The number of aromatic nitrogens is 6. The molecule has 0 radical (unpaired) electrons. The monoisotopic (exact) mass is 520 g/mol. The average Bonchev–Trinajstić information content (AvgIpc) is 3.57. The van der Waals surface area contributed by atoms with E-state index in [0.717, 1.165) is 46.1 Å². The molecule has 1 aliphatic rings. The Labute approximate surface area is 218 Å². The van der Waals surface area contributed by atoms with E-state index in [2.05, 4.69) is 20.6 Å². The number of aromatic amines is 1. The Morgan fingerprint density at radius 3 is 2.39 bits per heavy atom. The van der Waals surface area contributed by atoms with E-state index in [4.69, 9.17) is 0 Å². The van der Waals surface area contributed by atoms with Crippen molar-refractivity contribution in [3.63, 3.8) is 0 Å². The van der Waals surface area contributed by atoms with Gasteiger partial charge in [0.2, 0.25) is 11.7 Å². The molecule has 5 rings (SSSR count). The zero-order valence-electron chi connectivity index (χ0n) is 21.2. The SMILES string of the molecule is CCCc1c(C(F)F)n(C(=O)C2CCCCC2)c(=O)n1Cc1ccc(-c2ccccc2-c2nn[nH]n2)cc1. The predicted molar refractivity (Wildman–Crippen MR) is 139 cm³/mol. The van der Waals surface area contributed by atoms with Crippen molar-refractivity contribution in [2.75, 3.05) is 0 Å². The van der Waals surface area contributed by atoms with Crippen LogP contribution in [-0.2, 0) is 13.0 Å². The molecule has 38 heavy (non-hydrogen) atoms. The Bertz CT molecular complexity index is 1450. The average molecular weight is 521 g/mol. The fourth-order valence-corrected chi connectivity index (χ4v) is 5.42. The number of hydrogen-bond acceptors (Lipinski definition) is 5. The lowest BCUT2D eigenvalue weighted by molar-refractivity contribution is 0.0758. The van der Waals surface area contributed by atoms with Gasteiger partial charge in [-0.15, -0.1) is 10.2 Å². The van der Waals surface area contributed by atoms with Crippen molar-refractivity contribution < 1.29 is 13.6 Å². The van der Waals surface area contributed by atoms with Gasteiger partial charge in [0.15, 0.2) is 0 Å². The minimum Gasteiger partial charge on any atom is -0.291 e. The number of benzene rings is 2. The number of imidazole rings is 1. The highest BCUT2D eigenvalue weighted by molar-refractivity contribution is 5.82. The van der Waals surface area contributed by atoms with E-state index in [1.165, 1.54) is 4.57 Å². The summed E-state index contributed by atoms with van der Waals surface area (Å²) in [5.41, 5.74) is 2.53. The second-order valence-corrected chi connectivity index (χ2v) is 9.74. The van der Waals surface area contributed by atoms with Crippen LogP contribution in [0.3, 0.4) is 0 Å². The molecule has 10 heteroatoms. The van der Waals surface area contributed by atoms with Crippen molar-refractivity contribution in [1.82, 2.24) is 29.8 Å². The molecule has 2 aromatic heterocycles. The van der Waals surface area contributed by atoms with Crippen LogP contribution >= 0.6 is 0 Å². The lowest BCUT2D eigenvalue weighted by Crippen LogP contribution is -2.35. The van der Waals surface area contributed by atoms with Gasteiger partial charge in [0.05, 0.1) is 6.54 Å². The summed E-state index contributed by atoms with van der Waals surface area (Å²) < 4.78 is 30.8. The summed E-state index contributed by atoms with van der Waals surface area (Å²) in [5.74, 6) is -0.402. The highest BCUT2D eigenvalue weighted by Crippen LogP contribution is 2.31. The van der Waals surface area contributed by atoms with Crippen LogP contribution in [0.15, 0.2) is 53.3 Å². The third-order valence-electron chi connectivity index (χ3n) is 7.27. The number of tetrazole rings is 1. The molecule has 1 saturated carbocycles. The number of nitrogens with one attached hydrogen (secondary N) is 1. The number of H-pyrrole nitrogens is 1. The molecule has 0 bridgehead atoms. The van der Waals surface area contributed by atoms with Gasteiger partial charge >= 0.3 is 5.69 Å². The van der Waals surface area contributed by atoms with E-state index in [1.807, 2.05) is 55.5 Å². The molecule has 2 aromatic carbocycles. The second kappa shape index (κ2) is 11.2. The van der Waals surface area contributed by atoms with E-state index >= 15 is 0 Å². The summed E-state index contributed by atoms with van der Waals surface area (Å²) in [4.78, 5) is 26.8. The highest BCUT2D eigenvalue weighted by Gasteiger charge is 2.33. The number of halogens is 2. The normalized spacial score (nSPS) is 14.3. The van der Waals surface area contributed by atoms with Crippen molar-refractivity contribution >= 4 is 5.91 Å². The first kappa shape index (κ1) is 25.7. The highest BCUT2D eigenvalue weighted by atomic mass is 19.3. The van der Waals surface area contributed by atoms with Crippen LogP contribution in [0, 0.1) is 5.92 Å². The number of carbonyl (C=O) groups is 1. The lowest BCUT2D eigenvalue weighted by atomic mass is 9.88. The third kappa shape index (κ3) is 4.94. The Morgan fingerprint density at radius 1 is 1.05 bits per heavy atom. The predicted octanol–water partition coefficient (Wildman–Crippen LogP) is 5.66. The van der Waals surface area contributed by atoms with E-state index in [-0.39, 0.29) is 24.6 Å². The molecular weight excluding hydrogens is 490 g/mol. The van der Waals surface area contributed by atoms with Gasteiger partial charge in [-0.25, -0.2) is 18.1 Å². The first-order chi connectivity index (χ1) is 18.5. The van der Waals surface area contributed by atoms with Gasteiger partial charge in [0, 0.05) is 17.2 Å². The molecule has 1 fully saturated rings. The first-order valence-electron chi connectivity index (χ1n) is 13.1. The second-order valence-electron chi connectivity index (χ2n) is 9.74. The standard InChI is InChI=1S/C28H30F2N6O2/c1-2-8-23-24(25(29)30)36(27(37)20-9-4-3-5-10-20)28(38)35(23)17-18-13-15-19(16-14-18)21-11-6-7-12-22(21)26-31-33-34-32-26/h6-7,11-16,20,25H,2-5,8-10,17H2,1H3,(H,31,32,33,34). The van der Waals surface area contributed by atoms with Gasteiger partial charge in [-0.05, 0) is 41.2 Å². The summed E-state index contributed by atoms with van der Waals surface area (Å²) in [6.07, 6.45) is 1.99.